The van der Waals surface area contributed by atoms with E-state index in [4.69, 9.17) is 11.5 Å². The fraction of sp³-hybridized carbons (Fsp3) is 0.222. The lowest BCUT2D eigenvalue weighted by Gasteiger charge is -1.83. The van der Waals surface area contributed by atoms with Gasteiger partial charge in [-0.1, -0.05) is 12.0 Å². The topological polar surface area (TPSA) is 37.3 Å². The maximum absolute atomic E-state index is 9.99. The smallest absolute Gasteiger partial charge is 0.303 e. The highest BCUT2D eigenvalue weighted by Crippen LogP contribution is 1.89. The normalized spacial score (nSPS) is 8.27. The third-order valence-electron chi connectivity index (χ3n) is 0.870. The average Bonchev–Trinajstić information content (AvgIpc) is 1.96. The zero-order chi connectivity index (χ0) is 8.53. The first-order valence-electron chi connectivity index (χ1n) is 3.10. The molecule has 0 aromatic heterocycles. The molecule has 2 nitrogen and oxygen atoms in total. The van der Waals surface area contributed by atoms with E-state index in [9.17, 15) is 4.79 Å². The second-order valence-electron chi connectivity index (χ2n) is 1.75. The Kier molecular flexibility index (Phi) is 5.47. The highest BCUT2D eigenvalue weighted by atomic mass is 16.4. The van der Waals surface area contributed by atoms with E-state index < -0.39 is 5.97 Å². The number of aliphatic carboxylic acids is 1. The second-order valence-corrected chi connectivity index (χ2v) is 1.75. The van der Waals surface area contributed by atoms with Crippen LogP contribution in [0.25, 0.3) is 0 Å². The number of terminal acetylenes is 1. The lowest BCUT2D eigenvalue weighted by Crippen LogP contribution is -1.91. The van der Waals surface area contributed by atoms with Crippen molar-refractivity contribution in [3.8, 4) is 24.2 Å². The van der Waals surface area contributed by atoms with Gasteiger partial charge in [-0.15, -0.1) is 6.42 Å². The number of carbonyl (C=O) groups is 1. The van der Waals surface area contributed by atoms with Crippen LogP contribution < -0.4 is 0 Å². The van der Waals surface area contributed by atoms with Crippen molar-refractivity contribution in [2.24, 2.45) is 0 Å². The summed E-state index contributed by atoms with van der Waals surface area (Å²) in [5, 5.41) is 8.21. The maximum Gasteiger partial charge on any atom is 0.303 e. The highest BCUT2D eigenvalue weighted by Gasteiger charge is 1.90. The van der Waals surface area contributed by atoms with Crippen molar-refractivity contribution in [3.63, 3.8) is 0 Å². The van der Waals surface area contributed by atoms with E-state index in [1.165, 1.54) is 0 Å². The molecule has 0 aliphatic heterocycles. The molecule has 0 atom stereocenters. The van der Waals surface area contributed by atoms with Gasteiger partial charge in [0, 0.05) is 6.42 Å². The van der Waals surface area contributed by atoms with E-state index in [1.54, 1.807) is 12.2 Å². The molecule has 0 unspecified atom stereocenters. The Labute approximate surface area is 65.9 Å². The molecular weight excluding hydrogens is 140 g/mol. The van der Waals surface area contributed by atoms with Crippen LogP contribution in [-0.2, 0) is 4.79 Å². The number of allylic oxidation sites excluding steroid dienone is 2. The van der Waals surface area contributed by atoms with Gasteiger partial charge in [0.2, 0.25) is 0 Å². The van der Waals surface area contributed by atoms with Crippen LogP contribution >= 0.6 is 0 Å². The quantitative estimate of drug-likeness (QED) is 0.607. The fourth-order valence-electron chi connectivity index (χ4n) is 0.432. The van der Waals surface area contributed by atoms with Crippen molar-refractivity contribution in [3.05, 3.63) is 12.2 Å². The van der Waals surface area contributed by atoms with E-state index in [2.05, 4.69) is 17.8 Å². The van der Waals surface area contributed by atoms with Gasteiger partial charge in [0.15, 0.2) is 0 Å². The van der Waals surface area contributed by atoms with Gasteiger partial charge < -0.3 is 5.11 Å². The standard InChI is InChI=1S/C9H8O2/c1-2-3-4-5-6-7-8-9(10)11/h1,5-6H,7-8H2,(H,10,11)/b6-5+. The van der Waals surface area contributed by atoms with Crippen LogP contribution in [0, 0.1) is 24.2 Å². The molecule has 56 valence electrons. The summed E-state index contributed by atoms with van der Waals surface area (Å²) in [5.41, 5.74) is 0. The molecule has 0 aromatic carbocycles. The Balaban J connectivity index is 3.47. The van der Waals surface area contributed by atoms with Crippen molar-refractivity contribution in [2.75, 3.05) is 0 Å². The van der Waals surface area contributed by atoms with Crippen molar-refractivity contribution in [1.29, 1.82) is 0 Å². The Bertz CT molecular complexity index is 245. The number of rotatable bonds is 3. The molecule has 0 bridgehead atoms. The summed E-state index contributed by atoms with van der Waals surface area (Å²) >= 11 is 0. The van der Waals surface area contributed by atoms with E-state index in [0.717, 1.165) is 0 Å². The van der Waals surface area contributed by atoms with Crippen LogP contribution in [0.3, 0.4) is 0 Å². The Morgan fingerprint density at radius 3 is 2.91 bits per heavy atom. The second kappa shape index (κ2) is 6.45. The molecule has 0 aromatic rings. The van der Waals surface area contributed by atoms with E-state index in [-0.39, 0.29) is 6.42 Å². The molecule has 0 heterocycles. The molecule has 2 heteroatoms. The van der Waals surface area contributed by atoms with Gasteiger partial charge in [-0.3, -0.25) is 4.79 Å². The van der Waals surface area contributed by atoms with Gasteiger partial charge >= 0.3 is 5.97 Å². The minimum absolute atomic E-state index is 0.133. The van der Waals surface area contributed by atoms with Crippen molar-refractivity contribution in [1.82, 2.24) is 0 Å². The molecule has 1 N–H and O–H groups in total. The van der Waals surface area contributed by atoms with Crippen LogP contribution in [0.5, 0.6) is 0 Å². The Morgan fingerprint density at radius 1 is 1.64 bits per heavy atom. The summed E-state index contributed by atoms with van der Waals surface area (Å²) < 4.78 is 0. The highest BCUT2D eigenvalue weighted by molar-refractivity contribution is 5.66. The molecule has 0 saturated heterocycles. The summed E-state index contributed by atoms with van der Waals surface area (Å²) in [4.78, 5) is 9.99. The summed E-state index contributed by atoms with van der Waals surface area (Å²) in [6.45, 7) is 0. The van der Waals surface area contributed by atoms with Gasteiger partial charge in [-0.25, -0.2) is 0 Å². The zero-order valence-electron chi connectivity index (χ0n) is 6.00. The van der Waals surface area contributed by atoms with Crippen LogP contribution in [0.15, 0.2) is 12.2 Å². The summed E-state index contributed by atoms with van der Waals surface area (Å²) in [7, 11) is 0. The number of carboxylic acid groups (broad SMARTS) is 1. The van der Waals surface area contributed by atoms with Crippen molar-refractivity contribution >= 4 is 5.97 Å². The monoisotopic (exact) mass is 148 g/mol. The number of hydrogen-bond acceptors (Lipinski definition) is 1. The first-order valence-corrected chi connectivity index (χ1v) is 3.10. The van der Waals surface area contributed by atoms with E-state index >= 15 is 0 Å². The molecular formula is C9H8O2. The van der Waals surface area contributed by atoms with Gasteiger partial charge in [-0.05, 0) is 24.3 Å². The number of hydrogen-bond donors (Lipinski definition) is 1. The minimum Gasteiger partial charge on any atom is -0.481 e. The predicted molar refractivity (Wildman–Crippen MR) is 42.6 cm³/mol. The van der Waals surface area contributed by atoms with Gasteiger partial charge in [0.1, 0.15) is 0 Å². The molecule has 0 fully saturated rings. The first kappa shape index (κ1) is 9.33. The first-order chi connectivity index (χ1) is 5.27. The number of carboxylic acids is 1. The van der Waals surface area contributed by atoms with Gasteiger partial charge in [0.05, 0.1) is 0 Å². The third kappa shape index (κ3) is 8.33. The predicted octanol–water partition coefficient (Wildman–Crippen LogP) is 1.04. The minimum atomic E-state index is -0.806. The molecule has 0 radical (unpaired) electrons. The third-order valence-corrected chi connectivity index (χ3v) is 0.870. The van der Waals surface area contributed by atoms with Gasteiger partial charge in [0.25, 0.3) is 0 Å². The van der Waals surface area contributed by atoms with Crippen LogP contribution in [0.4, 0.5) is 0 Å². The van der Waals surface area contributed by atoms with Gasteiger partial charge in [-0.2, -0.15) is 0 Å². The molecule has 11 heavy (non-hydrogen) atoms. The van der Waals surface area contributed by atoms with E-state index in [1.807, 2.05) is 0 Å². The summed E-state index contributed by atoms with van der Waals surface area (Å²) in [6, 6.07) is 0. The molecule has 0 saturated carbocycles. The van der Waals surface area contributed by atoms with Crippen molar-refractivity contribution in [2.45, 2.75) is 12.8 Å². The maximum atomic E-state index is 9.99. The van der Waals surface area contributed by atoms with E-state index in [0.29, 0.717) is 6.42 Å². The Morgan fingerprint density at radius 2 is 2.36 bits per heavy atom. The van der Waals surface area contributed by atoms with Crippen LogP contribution in [0.1, 0.15) is 12.8 Å². The molecule has 0 aliphatic carbocycles. The lowest BCUT2D eigenvalue weighted by molar-refractivity contribution is -0.136. The zero-order valence-corrected chi connectivity index (χ0v) is 6.00. The fourth-order valence-corrected chi connectivity index (χ4v) is 0.432. The lowest BCUT2D eigenvalue weighted by atomic mass is 10.3. The summed E-state index contributed by atoms with van der Waals surface area (Å²) in [5.74, 6) is 6.26. The molecule has 0 aliphatic rings. The van der Waals surface area contributed by atoms with Crippen molar-refractivity contribution < 1.29 is 9.90 Å². The van der Waals surface area contributed by atoms with Crippen LogP contribution in [-0.4, -0.2) is 11.1 Å². The molecule has 0 amide bonds. The molecule has 0 rings (SSSR count). The largest absolute Gasteiger partial charge is 0.481 e. The van der Waals surface area contributed by atoms with Crippen LogP contribution in [0.2, 0.25) is 0 Å². The summed E-state index contributed by atoms with van der Waals surface area (Å²) in [6.07, 6.45) is 8.71. The average molecular weight is 148 g/mol. The molecule has 0 spiro atoms. The Hall–Kier alpha value is -1.67. The SMILES string of the molecule is C#CC#C/C=C/CCC(=O)O.